The first-order chi connectivity index (χ1) is 13.6. The maximum Gasteiger partial charge on any atom is 0.516 e. The summed E-state index contributed by atoms with van der Waals surface area (Å²) in [5, 5.41) is 3.13. The Morgan fingerprint density at radius 1 is 0.933 bits per heavy atom. The molecule has 0 bridgehead atoms. The number of rotatable bonds is 6. The summed E-state index contributed by atoms with van der Waals surface area (Å²) in [6, 6.07) is 5.81. The Balaban J connectivity index is 2.45. The third kappa shape index (κ3) is 4.25. The molecule has 0 aliphatic carbocycles. The van der Waals surface area contributed by atoms with E-state index in [4.69, 9.17) is 4.74 Å². The molecule has 2 rings (SSSR count). The third-order valence-electron chi connectivity index (χ3n) is 3.42. The summed E-state index contributed by atoms with van der Waals surface area (Å²) in [7, 11) is -11.4. The molecule has 1 aliphatic heterocycles. The van der Waals surface area contributed by atoms with Crippen LogP contribution in [0, 0.1) is 0 Å². The summed E-state index contributed by atoms with van der Waals surface area (Å²) in [6.45, 7) is 0. The molecule has 168 valence electrons. The van der Waals surface area contributed by atoms with E-state index in [1.807, 2.05) is 0 Å². The predicted octanol–water partition coefficient (Wildman–Crippen LogP) is 2.12. The van der Waals surface area contributed by atoms with E-state index in [0.717, 1.165) is 6.21 Å². The van der Waals surface area contributed by atoms with Gasteiger partial charge in [-0.3, -0.25) is 0 Å². The van der Waals surface area contributed by atoms with Crippen LogP contribution in [0.3, 0.4) is 0 Å². The van der Waals surface area contributed by atoms with Gasteiger partial charge in [-0.15, -0.1) is 0 Å². The predicted molar refractivity (Wildman–Crippen MR) is 88.2 cm³/mol. The maximum atomic E-state index is 12.8. The lowest BCUT2D eigenvalue weighted by Crippen LogP contribution is -2.51. The van der Waals surface area contributed by atoms with Gasteiger partial charge in [0.05, 0.1) is 13.3 Å². The van der Waals surface area contributed by atoms with Crippen LogP contribution in [0.15, 0.2) is 41.8 Å². The van der Waals surface area contributed by atoms with Crippen LogP contribution in [-0.4, -0.2) is 56.1 Å². The Morgan fingerprint density at radius 2 is 1.40 bits per heavy atom. The molecule has 0 spiro atoms. The minimum atomic E-state index is -6.32. The average Bonchev–Trinajstić information content (AvgIpc) is 3.05. The van der Waals surface area contributed by atoms with Gasteiger partial charge >= 0.3 is 37.4 Å². The van der Waals surface area contributed by atoms with Gasteiger partial charge in [-0.25, -0.2) is 8.61 Å². The van der Waals surface area contributed by atoms with Gasteiger partial charge in [-0.2, -0.15) is 43.2 Å². The molecule has 0 aromatic heterocycles. The van der Waals surface area contributed by atoms with Gasteiger partial charge in [-0.1, -0.05) is 17.3 Å². The van der Waals surface area contributed by atoms with Crippen LogP contribution in [0.25, 0.3) is 0 Å². The fraction of sp³-hybridized carbons (Fsp3) is 0.308. The van der Waals surface area contributed by atoms with E-state index in [1.165, 1.54) is 31.4 Å². The van der Waals surface area contributed by atoms with Crippen molar-refractivity contribution in [1.29, 1.82) is 0 Å². The fourth-order valence-corrected chi connectivity index (χ4v) is 3.76. The number of halogens is 6. The molecule has 0 amide bonds. The van der Waals surface area contributed by atoms with Crippen molar-refractivity contribution in [3.8, 4) is 5.75 Å². The topological polar surface area (TPSA) is 106 Å². The van der Waals surface area contributed by atoms with Gasteiger partial charge in [0.15, 0.2) is 0 Å². The Labute approximate surface area is 165 Å². The first-order valence-electron chi connectivity index (χ1n) is 7.34. The molecule has 1 heterocycles. The number of hydrogen-bond donors (Lipinski definition) is 0. The molecular formula is C13H11F6N3O6S2. The van der Waals surface area contributed by atoms with Crippen LogP contribution < -0.4 is 4.74 Å². The standard InChI is InChI=1S/C13H11F6N3O6S2/c1-27-10-5-3-2-4-9(10)8-20-28-11-21(29(23,24)12(14,15)16)6-7-22(11)30(25,26)13(17,18)19/h2-8,11H,1H3/b20-8+. The highest BCUT2D eigenvalue weighted by Gasteiger charge is 2.59. The number of benzene rings is 1. The molecular weight excluding hydrogens is 472 g/mol. The van der Waals surface area contributed by atoms with Crippen molar-refractivity contribution in [1.82, 2.24) is 8.61 Å². The van der Waals surface area contributed by atoms with Crippen molar-refractivity contribution >= 4 is 26.3 Å². The molecule has 0 saturated carbocycles. The lowest BCUT2D eigenvalue weighted by molar-refractivity contribution is -0.0822. The largest absolute Gasteiger partial charge is 0.516 e. The minimum Gasteiger partial charge on any atom is -0.496 e. The number of sulfonamides is 2. The summed E-state index contributed by atoms with van der Waals surface area (Å²) in [6.07, 6.45) is -2.28. The molecule has 1 aliphatic rings. The normalized spacial score (nSPS) is 16.5. The van der Waals surface area contributed by atoms with E-state index in [-0.39, 0.29) is 23.7 Å². The van der Waals surface area contributed by atoms with Crippen molar-refractivity contribution in [3.05, 3.63) is 42.2 Å². The lowest BCUT2D eigenvalue weighted by atomic mass is 10.2. The zero-order chi connectivity index (χ0) is 23.0. The molecule has 17 heteroatoms. The number of oxime groups is 1. The van der Waals surface area contributed by atoms with Crippen LogP contribution >= 0.6 is 0 Å². The second kappa shape index (κ2) is 7.86. The molecule has 0 unspecified atom stereocenters. The number of para-hydroxylation sites is 1. The Morgan fingerprint density at radius 3 is 1.83 bits per heavy atom. The van der Waals surface area contributed by atoms with Crippen molar-refractivity contribution in [2.24, 2.45) is 5.16 Å². The van der Waals surface area contributed by atoms with Gasteiger partial charge < -0.3 is 9.57 Å². The first-order valence-corrected chi connectivity index (χ1v) is 10.2. The Kier molecular flexibility index (Phi) is 6.18. The van der Waals surface area contributed by atoms with E-state index in [2.05, 4.69) is 9.99 Å². The quantitative estimate of drug-likeness (QED) is 0.349. The van der Waals surface area contributed by atoms with Gasteiger partial charge in [0.25, 0.3) is 0 Å². The molecule has 1 aromatic rings. The zero-order valence-electron chi connectivity index (χ0n) is 14.5. The number of hydrogen-bond acceptors (Lipinski definition) is 7. The second-order valence-corrected chi connectivity index (χ2v) is 8.94. The molecule has 0 saturated heterocycles. The fourth-order valence-electron chi connectivity index (χ4n) is 2.04. The highest BCUT2D eigenvalue weighted by molar-refractivity contribution is 7.91. The summed E-state index contributed by atoms with van der Waals surface area (Å²) < 4.78 is 127. The summed E-state index contributed by atoms with van der Waals surface area (Å²) >= 11 is 0. The van der Waals surface area contributed by atoms with Crippen LogP contribution in [0.2, 0.25) is 0 Å². The summed E-state index contributed by atoms with van der Waals surface area (Å²) in [5.74, 6) is 0.175. The van der Waals surface area contributed by atoms with E-state index >= 15 is 0 Å². The number of methoxy groups -OCH3 is 1. The monoisotopic (exact) mass is 483 g/mol. The highest BCUT2D eigenvalue weighted by Crippen LogP contribution is 2.37. The average molecular weight is 483 g/mol. The van der Waals surface area contributed by atoms with E-state index in [1.54, 1.807) is 0 Å². The van der Waals surface area contributed by atoms with Crippen molar-refractivity contribution in [3.63, 3.8) is 0 Å². The number of alkyl halides is 6. The molecule has 0 N–H and O–H groups in total. The molecule has 30 heavy (non-hydrogen) atoms. The summed E-state index contributed by atoms with van der Waals surface area (Å²) in [4.78, 5) is 4.44. The zero-order valence-corrected chi connectivity index (χ0v) is 16.1. The van der Waals surface area contributed by atoms with Crippen molar-refractivity contribution in [2.45, 2.75) is 17.4 Å². The van der Waals surface area contributed by atoms with Crippen LogP contribution in [0.4, 0.5) is 26.3 Å². The molecule has 0 fully saturated rings. The Hall–Kier alpha value is -2.69. The summed E-state index contributed by atoms with van der Waals surface area (Å²) in [5.41, 5.74) is -11.8. The maximum absolute atomic E-state index is 12.8. The highest BCUT2D eigenvalue weighted by atomic mass is 32.2. The van der Waals surface area contributed by atoms with Crippen LogP contribution in [0.5, 0.6) is 5.75 Å². The van der Waals surface area contributed by atoms with Crippen LogP contribution in [-0.2, 0) is 24.9 Å². The van der Waals surface area contributed by atoms with Gasteiger partial charge in [-0.05, 0) is 12.1 Å². The molecule has 9 nitrogen and oxygen atoms in total. The molecule has 1 aromatic carbocycles. The third-order valence-corrected chi connectivity index (χ3v) is 6.31. The second-order valence-electron chi connectivity index (χ2n) is 5.27. The first kappa shape index (κ1) is 23.6. The molecule has 0 radical (unpaired) electrons. The minimum absolute atomic E-state index is 0.0462. The SMILES string of the molecule is COc1ccccc1/C=N/OC1N(S(=O)(=O)C(F)(F)F)C=CN1S(=O)(=O)C(F)(F)F. The van der Waals surface area contributed by atoms with Gasteiger partial charge in [0, 0.05) is 18.0 Å². The molecule has 0 atom stereocenters. The smallest absolute Gasteiger partial charge is 0.496 e. The number of ether oxygens (including phenoxy) is 1. The van der Waals surface area contributed by atoms with Gasteiger partial charge in [0.2, 0.25) is 0 Å². The van der Waals surface area contributed by atoms with E-state index < -0.39 is 46.0 Å². The van der Waals surface area contributed by atoms with Gasteiger partial charge in [0.1, 0.15) is 5.75 Å². The van der Waals surface area contributed by atoms with Crippen molar-refractivity contribution < 1.29 is 52.8 Å². The lowest BCUT2D eigenvalue weighted by Gasteiger charge is -2.29. The van der Waals surface area contributed by atoms with Crippen LogP contribution in [0.1, 0.15) is 5.56 Å². The number of nitrogens with zero attached hydrogens (tertiary/aromatic N) is 3. The Bertz CT molecular complexity index is 998. The van der Waals surface area contributed by atoms with E-state index in [9.17, 15) is 43.2 Å². The van der Waals surface area contributed by atoms with Crippen molar-refractivity contribution in [2.75, 3.05) is 7.11 Å². The van der Waals surface area contributed by atoms with E-state index in [0.29, 0.717) is 0 Å².